The third kappa shape index (κ3) is 3.98. The summed E-state index contributed by atoms with van der Waals surface area (Å²) in [6.07, 6.45) is -0.753. The Labute approximate surface area is 160 Å². The lowest BCUT2D eigenvalue weighted by atomic mass is 10.0. The average Bonchev–Trinajstić information content (AvgIpc) is 3.41. The monoisotopic (exact) mass is 399 g/mol. The van der Waals surface area contributed by atoms with Gasteiger partial charge in [0.2, 0.25) is 5.95 Å². The SMILES string of the molecule is CCc1ccc(Cl)cc1CN(C(=O)c1c(C(F)F)nn(CC)c1F)C1CC1. The zero-order chi connectivity index (χ0) is 19.7. The first-order chi connectivity index (χ1) is 12.9. The van der Waals surface area contributed by atoms with Crippen molar-refractivity contribution in [3.05, 3.63) is 51.6 Å². The van der Waals surface area contributed by atoms with Crippen molar-refractivity contribution in [1.82, 2.24) is 14.7 Å². The molecule has 1 saturated carbocycles. The van der Waals surface area contributed by atoms with Crippen LogP contribution in [0.15, 0.2) is 18.2 Å². The Hall–Kier alpha value is -2.02. The number of carbonyl (C=O) groups is 1. The van der Waals surface area contributed by atoms with Gasteiger partial charge in [0.1, 0.15) is 11.3 Å². The number of aryl methyl sites for hydroxylation is 2. The molecule has 3 rings (SSSR count). The highest BCUT2D eigenvalue weighted by Gasteiger charge is 2.38. The van der Waals surface area contributed by atoms with Crippen LogP contribution in [0, 0.1) is 5.95 Å². The molecule has 8 heteroatoms. The number of benzene rings is 1. The largest absolute Gasteiger partial charge is 0.331 e. The molecule has 0 spiro atoms. The van der Waals surface area contributed by atoms with E-state index in [0.717, 1.165) is 35.1 Å². The van der Waals surface area contributed by atoms with Crippen molar-refractivity contribution in [2.45, 2.75) is 58.7 Å². The number of nitrogens with zero attached hydrogens (tertiary/aromatic N) is 3. The maximum absolute atomic E-state index is 14.6. The summed E-state index contributed by atoms with van der Waals surface area (Å²) >= 11 is 6.09. The molecule has 1 aliphatic carbocycles. The Bertz CT molecular complexity index is 849. The summed E-state index contributed by atoms with van der Waals surface area (Å²) in [6, 6.07) is 5.33. The smallest absolute Gasteiger partial charge is 0.283 e. The van der Waals surface area contributed by atoms with Gasteiger partial charge in [-0.05, 0) is 49.4 Å². The summed E-state index contributed by atoms with van der Waals surface area (Å²) in [7, 11) is 0. The molecule has 4 nitrogen and oxygen atoms in total. The van der Waals surface area contributed by atoms with Gasteiger partial charge in [-0.2, -0.15) is 9.49 Å². The number of alkyl halides is 2. The maximum atomic E-state index is 14.6. The second-order valence-electron chi connectivity index (χ2n) is 6.60. The number of carbonyl (C=O) groups excluding carboxylic acids is 1. The molecule has 1 heterocycles. The van der Waals surface area contributed by atoms with Crippen LogP contribution in [0.5, 0.6) is 0 Å². The number of rotatable bonds is 7. The van der Waals surface area contributed by atoms with Crippen LogP contribution in [-0.2, 0) is 19.5 Å². The van der Waals surface area contributed by atoms with Gasteiger partial charge in [0.25, 0.3) is 12.3 Å². The first-order valence-electron chi connectivity index (χ1n) is 8.99. The Morgan fingerprint density at radius 2 is 2.04 bits per heavy atom. The van der Waals surface area contributed by atoms with E-state index in [1.807, 2.05) is 13.0 Å². The van der Waals surface area contributed by atoms with Gasteiger partial charge in [-0.15, -0.1) is 0 Å². The van der Waals surface area contributed by atoms with Crippen LogP contribution in [-0.4, -0.2) is 26.6 Å². The minimum absolute atomic E-state index is 0.0660. The summed E-state index contributed by atoms with van der Waals surface area (Å²) in [4.78, 5) is 14.5. The molecule has 0 bridgehead atoms. The van der Waals surface area contributed by atoms with E-state index in [1.54, 1.807) is 19.1 Å². The molecule has 1 amide bonds. The van der Waals surface area contributed by atoms with Crippen molar-refractivity contribution >= 4 is 17.5 Å². The zero-order valence-corrected chi connectivity index (χ0v) is 15.9. The van der Waals surface area contributed by atoms with Crippen LogP contribution >= 0.6 is 11.6 Å². The maximum Gasteiger partial charge on any atom is 0.283 e. The van der Waals surface area contributed by atoms with E-state index in [0.29, 0.717) is 5.02 Å². The van der Waals surface area contributed by atoms with E-state index in [9.17, 15) is 18.0 Å². The third-order valence-corrected chi connectivity index (χ3v) is 5.01. The normalized spacial score (nSPS) is 14.0. The molecule has 0 aliphatic heterocycles. The summed E-state index contributed by atoms with van der Waals surface area (Å²) in [5.74, 6) is -1.75. The number of amides is 1. The van der Waals surface area contributed by atoms with Crippen molar-refractivity contribution in [2.75, 3.05) is 0 Å². The molecule has 0 radical (unpaired) electrons. The fourth-order valence-electron chi connectivity index (χ4n) is 3.19. The molecular formula is C19H21ClF3N3O. The fraction of sp³-hybridized carbons (Fsp3) is 0.474. The van der Waals surface area contributed by atoms with Crippen LogP contribution in [0.2, 0.25) is 5.02 Å². The third-order valence-electron chi connectivity index (χ3n) is 4.78. The Balaban J connectivity index is 1.99. The minimum Gasteiger partial charge on any atom is -0.331 e. The van der Waals surface area contributed by atoms with Crippen LogP contribution < -0.4 is 0 Å². The van der Waals surface area contributed by atoms with Crippen molar-refractivity contribution < 1.29 is 18.0 Å². The van der Waals surface area contributed by atoms with Crippen molar-refractivity contribution in [3.8, 4) is 0 Å². The van der Waals surface area contributed by atoms with E-state index in [-0.39, 0.29) is 19.1 Å². The molecule has 2 aromatic rings. The van der Waals surface area contributed by atoms with Crippen LogP contribution in [0.1, 0.15) is 60.3 Å². The molecule has 0 saturated heterocycles. The summed E-state index contributed by atoms with van der Waals surface area (Å²) < 4.78 is 42.1. The van der Waals surface area contributed by atoms with E-state index in [4.69, 9.17) is 11.6 Å². The highest BCUT2D eigenvalue weighted by molar-refractivity contribution is 6.30. The summed E-state index contributed by atoms with van der Waals surface area (Å²) in [6.45, 7) is 3.83. The van der Waals surface area contributed by atoms with Crippen LogP contribution in [0.25, 0.3) is 0 Å². The summed E-state index contributed by atoms with van der Waals surface area (Å²) in [5.41, 5.74) is 0.425. The second-order valence-corrected chi connectivity index (χ2v) is 7.03. The first-order valence-corrected chi connectivity index (χ1v) is 9.37. The number of hydrogen-bond donors (Lipinski definition) is 0. The predicted molar refractivity (Wildman–Crippen MR) is 96.5 cm³/mol. The number of aromatic nitrogens is 2. The van der Waals surface area contributed by atoms with Crippen LogP contribution in [0.3, 0.4) is 0 Å². The van der Waals surface area contributed by atoms with Gasteiger partial charge in [-0.1, -0.05) is 24.6 Å². The van der Waals surface area contributed by atoms with Crippen LogP contribution in [0.4, 0.5) is 13.2 Å². The van der Waals surface area contributed by atoms with Gasteiger partial charge < -0.3 is 4.90 Å². The molecule has 27 heavy (non-hydrogen) atoms. The Morgan fingerprint density at radius 1 is 1.33 bits per heavy atom. The van der Waals surface area contributed by atoms with E-state index in [2.05, 4.69) is 5.10 Å². The molecule has 0 unspecified atom stereocenters. The zero-order valence-electron chi connectivity index (χ0n) is 15.2. The average molecular weight is 400 g/mol. The Kier molecular flexibility index (Phi) is 5.79. The molecule has 146 valence electrons. The lowest BCUT2D eigenvalue weighted by Crippen LogP contribution is -2.34. The van der Waals surface area contributed by atoms with Gasteiger partial charge in [0.05, 0.1) is 0 Å². The van der Waals surface area contributed by atoms with Gasteiger partial charge in [0.15, 0.2) is 0 Å². The number of halogens is 4. The fourth-order valence-corrected chi connectivity index (χ4v) is 3.38. The van der Waals surface area contributed by atoms with Gasteiger partial charge in [0, 0.05) is 24.2 Å². The van der Waals surface area contributed by atoms with Gasteiger partial charge >= 0.3 is 0 Å². The molecule has 1 aromatic carbocycles. The van der Waals surface area contributed by atoms with E-state index < -0.39 is 29.5 Å². The van der Waals surface area contributed by atoms with E-state index >= 15 is 0 Å². The second kappa shape index (κ2) is 7.92. The van der Waals surface area contributed by atoms with Crippen molar-refractivity contribution in [1.29, 1.82) is 0 Å². The molecule has 1 fully saturated rings. The summed E-state index contributed by atoms with van der Waals surface area (Å²) in [5, 5.41) is 4.12. The molecule has 0 atom stereocenters. The van der Waals surface area contributed by atoms with Crippen molar-refractivity contribution in [3.63, 3.8) is 0 Å². The quantitative estimate of drug-likeness (QED) is 0.657. The molecular weight excluding hydrogens is 379 g/mol. The highest BCUT2D eigenvalue weighted by atomic mass is 35.5. The topological polar surface area (TPSA) is 38.1 Å². The van der Waals surface area contributed by atoms with Gasteiger partial charge in [-0.3, -0.25) is 4.79 Å². The molecule has 0 N–H and O–H groups in total. The first kappa shape index (κ1) is 19.7. The minimum atomic E-state index is -3.02. The highest BCUT2D eigenvalue weighted by Crippen LogP contribution is 2.33. The predicted octanol–water partition coefficient (Wildman–Crippen LogP) is 5.00. The molecule has 1 aliphatic rings. The van der Waals surface area contributed by atoms with Gasteiger partial charge in [-0.25, -0.2) is 13.5 Å². The van der Waals surface area contributed by atoms with E-state index in [1.165, 1.54) is 4.90 Å². The lowest BCUT2D eigenvalue weighted by Gasteiger charge is -2.24. The molecule has 1 aromatic heterocycles. The number of hydrogen-bond acceptors (Lipinski definition) is 2. The van der Waals surface area contributed by atoms with Crippen molar-refractivity contribution in [2.24, 2.45) is 0 Å². The lowest BCUT2D eigenvalue weighted by molar-refractivity contribution is 0.0711. The Morgan fingerprint density at radius 3 is 2.59 bits per heavy atom. The standard InChI is InChI=1S/C19H21ClF3N3O/c1-3-11-5-6-13(20)9-12(11)10-25(14-7-8-14)19(27)15-16(17(21)22)24-26(4-2)18(15)23/h5-6,9,14,17H,3-4,7-8,10H2,1-2H3.